The highest BCUT2D eigenvalue weighted by atomic mass is 35.5. The number of rotatable bonds is 7. The molecule has 0 spiro atoms. The van der Waals surface area contributed by atoms with Gasteiger partial charge < -0.3 is 14.6 Å². The predicted molar refractivity (Wildman–Crippen MR) is 164 cm³/mol. The van der Waals surface area contributed by atoms with Crippen LogP contribution in [-0.4, -0.2) is 67.5 Å². The summed E-state index contributed by atoms with van der Waals surface area (Å²) >= 11 is 6.81. The number of amides is 1. The zero-order valence-electron chi connectivity index (χ0n) is 23.8. The summed E-state index contributed by atoms with van der Waals surface area (Å²) < 4.78 is 16.5. The van der Waals surface area contributed by atoms with Gasteiger partial charge in [-0.25, -0.2) is 35.3 Å². The molecule has 0 N–H and O–H groups in total. The lowest BCUT2D eigenvalue weighted by atomic mass is 10.1. The Morgan fingerprint density at radius 1 is 1.11 bits per heavy atom. The van der Waals surface area contributed by atoms with Crippen LogP contribution in [0.3, 0.4) is 0 Å². The van der Waals surface area contributed by atoms with Crippen molar-refractivity contribution in [3.8, 4) is 16.9 Å². The molecule has 3 aliphatic rings. The van der Waals surface area contributed by atoms with Crippen LogP contribution in [0, 0.1) is 12.4 Å². The molecule has 0 bridgehead atoms. The van der Waals surface area contributed by atoms with Crippen molar-refractivity contribution >= 4 is 34.4 Å². The highest BCUT2D eigenvalue weighted by Gasteiger charge is 2.37. The molecule has 12 heteroatoms. The van der Waals surface area contributed by atoms with E-state index in [-0.39, 0.29) is 52.8 Å². The third-order valence-electron chi connectivity index (χ3n) is 8.50. The Labute approximate surface area is 257 Å². The summed E-state index contributed by atoms with van der Waals surface area (Å²) in [6, 6.07) is 7.47. The molecule has 0 radical (unpaired) electrons. The number of anilines is 1. The minimum absolute atomic E-state index is 0.0817. The first-order chi connectivity index (χ1) is 21.4. The fraction of sp³-hybridized carbons (Fsp3) is 0.344. The lowest BCUT2D eigenvalue weighted by molar-refractivity contribution is -0.128. The van der Waals surface area contributed by atoms with Crippen molar-refractivity contribution in [2.45, 2.75) is 43.6 Å². The molecular weight excluding hydrogens is 583 g/mol. The van der Waals surface area contributed by atoms with Gasteiger partial charge >= 0.3 is 5.69 Å². The first-order valence-corrected chi connectivity index (χ1v) is 15.0. The Kier molecular flexibility index (Phi) is 7.09. The Morgan fingerprint density at radius 2 is 1.82 bits per heavy atom. The maximum absolute atomic E-state index is 15.1. The highest BCUT2D eigenvalue weighted by molar-refractivity contribution is 6.33. The van der Waals surface area contributed by atoms with Gasteiger partial charge in [0, 0.05) is 37.0 Å². The summed E-state index contributed by atoms with van der Waals surface area (Å²) in [5.41, 5.74) is 2.30. The number of carbonyl (C=O) groups is 1. The van der Waals surface area contributed by atoms with Crippen LogP contribution in [0.2, 0.25) is 5.02 Å². The summed E-state index contributed by atoms with van der Waals surface area (Å²) in [5, 5.41) is 0.690. The molecule has 4 heterocycles. The molecule has 2 aliphatic carbocycles. The summed E-state index contributed by atoms with van der Waals surface area (Å²) in [5.74, 6) is 0.00437. The fourth-order valence-electron chi connectivity index (χ4n) is 6.05. The van der Waals surface area contributed by atoms with Crippen molar-refractivity contribution in [2.24, 2.45) is 0 Å². The van der Waals surface area contributed by atoms with Gasteiger partial charge in [0.2, 0.25) is 12.5 Å². The summed E-state index contributed by atoms with van der Waals surface area (Å²) in [7, 11) is 0. The second-order valence-corrected chi connectivity index (χ2v) is 11.8. The average molecular weight is 611 g/mol. The van der Waals surface area contributed by atoms with Crippen molar-refractivity contribution in [2.75, 3.05) is 31.1 Å². The molecule has 3 fully saturated rings. The Morgan fingerprint density at radius 3 is 2.45 bits per heavy atom. The van der Waals surface area contributed by atoms with Gasteiger partial charge in [0.1, 0.15) is 24.0 Å². The molecule has 1 atom stereocenters. The third-order valence-corrected chi connectivity index (χ3v) is 8.79. The Balaban J connectivity index is 1.47. The molecular formula is C32H28ClFN8O2. The average Bonchev–Trinajstić information content (AvgIpc) is 3.95. The molecule has 4 aromatic rings. The minimum Gasteiger partial charge on any atom is -0.352 e. The number of hydrogen-bond donors (Lipinski definition) is 0. The van der Waals surface area contributed by atoms with Gasteiger partial charge in [0.25, 0.3) is 0 Å². The molecule has 3 aromatic heterocycles. The summed E-state index contributed by atoms with van der Waals surface area (Å²) in [6.45, 7) is 12.1. The maximum atomic E-state index is 15.1. The van der Waals surface area contributed by atoms with Crippen LogP contribution in [0.1, 0.15) is 48.9 Å². The van der Waals surface area contributed by atoms with Crippen LogP contribution in [0.25, 0.3) is 32.8 Å². The van der Waals surface area contributed by atoms with E-state index in [4.69, 9.17) is 23.2 Å². The van der Waals surface area contributed by atoms with Gasteiger partial charge in [-0.05, 0) is 50.0 Å². The van der Waals surface area contributed by atoms with E-state index in [1.54, 1.807) is 35.5 Å². The van der Waals surface area contributed by atoms with E-state index in [0.29, 0.717) is 30.0 Å². The Bertz CT molecular complexity index is 1900. The number of benzene rings is 1. The molecule has 2 saturated carbocycles. The summed E-state index contributed by atoms with van der Waals surface area (Å²) in [6.07, 6.45) is 6.65. The number of hydrogen-bond acceptors (Lipinski definition) is 7. The largest absolute Gasteiger partial charge is 0.355 e. The summed E-state index contributed by atoms with van der Waals surface area (Å²) in [4.78, 5) is 52.6. The molecule has 1 amide bonds. The van der Waals surface area contributed by atoms with Crippen molar-refractivity contribution in [1.29, 1.82) is 0 Å². The highest BCUT2D eigenvalue weighted by Crippen LogP contribution is 2.47. The van der Waals surface area contributed by atoms with E-state index in [0.717, 1.165) is 37.1 Å². The number of fused-ring (bicyclic) bond motifs is 1. The number of aromatic nitrogens is 5. The standard InChI is InChI=1S/C32H28ClFN8O2/c1-3-25(43)41-13-12-40(16-20(41)15-35-2)30-22-14-23(33)28(21-6-4-5-7-24(21)34)38-31(22)42(32(44)39-30)29-26(18-8-9-18)36-17-37-27(29)19-10-11-19/h3-7,14,17-20H,1,8-13,15-16H2/t20-/m0/s1. The number of piperazine rings is 1. The van der Waals surface area contributed by atoms with Crippen LogP contribution < -0.4 is 10.6 Å². The van der Waals surface area contributed by atoms with E-state index < -0.39 is 17.5 Å². The van der Waals surface area contributed by atoms with Crippen molar-refractivity contribution < 1.29 is 9.18 Å². The molecule has 0 unspecified atom stereocenters. The normalized spacial score (nSPS) is 18.3. The molecule has 222 valence electrons. The Hall–Kier alpha value is -4.69. The van der Waals surface area contributed by atoms with Gasteiger partial charge in [0.15, 0.2) is 5.65 Å². The van der Waals surface area contributed by atoms with Crippen LogP contribution in [-0.2, 0) is 4.79 Å². The number of pyridine rings is 1. The quantitative estimate of drug-likeness (QED) is 0.217. The molecule has 10 nitrogen and oxygen atoms in total. The van der Waals surface area contributed by atoms with Crippen molar-refractivity contribution in [3.05, 3.63) is 93.4 Å². The van der Waals surface area contributed by atoms with E-state index in [1.165, 1.54) is 16.7 Å². The third kappa shape index (κ3) is 4.89. The van der Waals surface area contributed by atoms with Crippen LogP contribution >= 0.6 is 11.6 Å². The molecule has 1 aliphatic heterocycles. The minimum atomic E-state index is -0.563. The van der Waals surface area contributed by atoms with E-state index in [2.05, 4.69) is 26.4 Å². The van der Waals surface area contributed by atoms with Crippen molar-refractivity contribution in [1.82, 2.24) is 29.4 Å². The van der Waals surface area contributed by atoms with Gasteiger partial charge in [0.05, 0.1) is 33.2 Å². The predicted octanol–water partition coefficient (Wildman–Crippen LogP) is 4.91. The molecule has 7 rings (SSSR count). The number of halogens is 2. The molecule has 1 aromatic carbocycles. The lowest BCUT2D eigenvalue weighted by Gasteiger charge is -2.39. The van der Waals surface area contributed by atoms with E-state index in [9.17, 15) is 9.59 Å². The van der Waals surface area contributed by atoms with Crippen LogP contribution in [0.4, 0.5) is 10.2 Å². The van der Waals surface area contributed by atoms with Crippen LogP contribution in [0.15, 0.2) is 54.1 Å². The van der Waals surface area contributed by atoms with E-state index >= 15 is 4.39 Å². The van der Waals surface area contributed by atoms with Gasteiger partial charge in [-0.1, -0.05) is 30.3 Å². The lowest BCUT2D eigenvalue weighted by Crippen LogP contribution is -2.56. The topological polar surface area (TPSA) is 101 Å². The smallest absolute Gasteiger partial charge is 0.352 e. The zero-order chi connectivity index (χ0) is 30.5. The zero-order valence-corrected chi connectivity index (χ0v) is 24.5. The SMILES string of the molecule is [C-]#[N+]C[C@H]1CN(c2nc(=O)n(-c3c(C4CC4)ncnc3C3CC3)c3nc(-c4ccccc4F)c(Cl)cc23)CCN1C(=O)C=C. The fourth-order valence-corrected chi connectivity index (χ4v) is 6.31. The van der Waals surface area contributed by atoms with Crippen LogP contribution in [0.5, 0.6) is 0 Å². The number of nitrogens with zero attached hydrogens (tertiary/aromatic N) is 8. The van der Waals surface area contributed by atoms with Gasteiger partial charge in [-0.3, -0.25) is 4.79 Å². The van der Waals surface area contributed by atoms with Crippen molar-refractivity contribution in [3.63, 3.8) is 0 Å². The number of carbonyl (C=O) groups excluding carboxylic acids is 1. The van der Waals surface area contributed by atoms with Gasteiger partial charge in [-0.2, -0.15) is 4.98 Å². The first-order valence-electron chi connectivity index (χ1n) is 14.6. The monoisotopic (exact) mass is 610 g/mol. The molecule has 44 heavy (non-hydrogen) atoms. The maximum Gasteiger partial charge on any atom is 0.355 e. The van der Waals surface area contributed by atoms with Gasteiger partial charge in [-0.15, -0.1) is 0 Å². The second kappa shape index (κ2) is 11.1. The van der Waals surface area contributed by atoms with E-state index in [1.807, 2.05) is 4.90 Å². The first kappa shape index (κ1) is 28.1. The molecule has 1 saturated heterocycles. The second-order valence-electron chi connectivity index (χ2n) is 11.4.